The van der Waals surface area contributed by atoms with Crippen LogP contribution in [0.1, 0.15) is 51.4 Å². The van der Waals surface area contributed by atoms with Crippen LogP contribution in [0, 0.1) is 23.7 Å². The molecule has 0 unspecified atom stereocenters. The van der Waals surface area contributed by atoms with Crippen LogP contribution in [0.4, 0.5) is 0 Å². The minimum absolute atomic E-state index is 0.714. The maximum atomic E-state index is 5.60. The van der Waals surface area contributed by atoms with Gasteiger partial charge in [-0.15, -0.1) is 13.2 Å². The van der Waals surface area contributed by atoms with E-state index in [-0.39, 0.29) is 0 Å². The molecule has 2 aliphatic rings. The summed E-state index contributed by atoms with van der Waals surface area (Å²) in [5.41, 5.74) is 0. The van der Waals surface area contributed by atoms with Crippen molar-refractivity contribution in [3.8, 4) is 0 Å². The van der Waals surface area contributed by atoms with E-state index in [0.29, 0.717) is 6.61 Å². The van der Waals surface area contributed by atoms with Gasteiger partial charge >= 0.3 is 0 Å². The van der Waals surface area contributed by atoms with Crippen molar-refractivity contribution in [2.45, 2.75) is 51.4 Å². The van der Waals surface area contributed by atoms with Crippen LogP contribution >= 0.6 is 0 Å². The normalized spacial score (nSPS) is 35.8. The molecule has 2 rings (SSSR count). The molecule has 0 spiro atoms. The van der Waals surface area contributed by atoms with E-state index in [0.717, 1.165) is 30.3 Å². The Balaban J connectivity index is 1.66. The van der Waals surface area contributed by atoms with Crippen molar-refractivity contribution in [1.82, 2.24) is 0 Å². The van der Waals surface area contributed by atoms with E-state index in [1.54, 1.807) is 0 Å². The van der Waals surface area contributed by atoms with Crippen molar-refractivity contribution < 1.29 is 4.74 Å². The van der Waals surface area contributed by atoms with E-state index in [4.69, 9.17) is 4.74 Å². The summed E-state index contributed by atoms with van der Waals surface area (Å²) in [7, 11) is 0. The van der Waals surface area contributed by atoms with Gasteiger partial charge in [-0.1, -0.05) is 12.2 Å². The SMILES string of the molecule is C=CCOCC1CCC([C@H]2CC[C@H](C=C)CC2)CC1. The molecule has 2 aliphatic carbocycles. The second kappa shape index (κ2) is 7.89. The number of rotatable bonds is 6. The standard InChI is InChI=1S/C18H30O/c1-3-13-19-14-16-7-11-18(12-8-16)17-9-5-15(4-2)6-10-17/h3-4,15-18H,1-2,5-14H2/t15-,16?,17-,18?. The van der Waals surface area contributed by atoms with Gasteiger partial charge in [-0.25, -0.2) is 0 Å². The Bertz CT molecular complexity index is 267. The second-order valence-electron chi connectivity index (χ2n) is 6.52. The van der Waals surface area contributed by atoms with Gasteiger partial charge in [-0.2, -0.15) is 0 Å². The van der Waals surface area contributed by atoms with Crippen LogP contribution in [0.3, 0.4) is 0 Å². The summed E-state index contributed by atoms with van der Waals surface area (Å²) in [6.45, 7) is 9.30. The molecular formula is C18H30O. The highest BCUT2D eigenvalue weighted by molar-refractivity contribution is 4.87. The third kappa shape index (κ3) is 4.49. The van der Waals surface area contributed by atoms with Gasteiger partial charge in [0, 0.05) is 6.61 Å². The van der Waals surface area contributed by atoms with E-state index < -0.39 is 0 Å². The Hall–Kier alpha value is -0.560. The first-order chi connectivity index (χ1) is 9.33. The molecule has 0 N–H and O–H groups in total. The van der Waals surface area contributed by atoms with Crippen molar-refractivity contribution in [2.24, 2.45) is 23.7 Å². The Labute approximate surface area is 119 Å². The maximum Gasteiger partial charge on any atom is 0.0644 e. The van der Waals surface area contributed by atoms with Gasteiger partial charge < -0.3 is 4.74 Å². The van der Waals surface area contributed by atoms with Crippen molar-refractivity contribution in [3.05, 3.63) is 25.3 Å². The zero-order valence-corrected chi connectivity index (χ0v) is 12.4. The second-order valence-corrected chi connectivity index (χ2v) is 6.52. The zero-order chi connectivity index (χ0) is 13.5. The first kappa shape index (κ1) is 14.8. The minimum Gasteiger partial charge on any atom is -0.377 e. The molecule has 2 saturated carbocycles. The van der Waals surface area contributed by atoms with E-state index >= 15 is 0 Å². The highest BCUT2D eigenvalue weighted by atomic mass is 16.5. The number of allylic oxidation sites excluding steroid dienone is 1. The topological polar surface area (TPSA) is 9.23 Å². The molecule has 0 amide bonds. The van der Waals surface area contributed by atoms with Gasteiger partial charge in [0.05, 0.1) is 6.61 Å². The summed E-state index contributed by atoms with van der Waals surface area (Å²) < 4.78 is 5.60. The van der Waals surface area contributed by atoms with Crippen LogP contribution in [-0.2, 0) is 4.74 Å². The Morgan fingerprint density at radius 3 is 1.95 bits per heavy atom. The molecule has 0 heterocycles. The first-order valence-electron chi connectivity index (χ1n) is 8.14. The molecule has 1 heteroatoms. The lowest BCUT2D eigenvalue weighted by Crippen LogP contribution is -2.26. The van der Waals surface area contributed by atoms with Crippen LogP contribution < -0.4 is 0 Å². The zero-order valence-electron chi connectivity index (χ0n) is 12.4. The van der Waals surface area contributed by atoms with Crippen molar-refractivity contribution in [1.29, 1.82) is 0 Å². The molecule has 0 aromatic heterocycles. The third-order valence-corrected chi connectivity index (χ3v) is 5.30. The van der Waals surface area contributed by atoms with Gasteiger partial charge in [-0.05, 0) is 75.0 Å². The number of hydrogen-bond acceptors (Lipinski definition) is 1. The first-order valence-corrected chi connectivity index (χ1v) is 8.14. The molecule has 1 nitrogen and oxygen atoms in total. The minimum atomic E-state index is 0.714. The average Bonchev–Trinajstić information content (AvgIpc) is 2.48. The maximum absolute atomic E-state index is 5.60. The molecule has 19 heavy (non-hydrogen) atoms. The summed E-state index contributed by atoms with van der Waals surface area (Å²) in [6, 6.07) is 0. The Kier molecular flexibility index (Phi) is 6.16. The molecule has 2 fully saturated rings. The monoisotopic (exact) mass is 262 g/mol. The number of hydrogen-bond donors (Lipinski definition) is 0. The van der Waals surface area contributed by atoms with Crippen LogP contribution in [0.2, 0.25) is 0 Å². The van der Waals surface area contributed by atoms with E-state index in [1.807, 2.05) is 6.08 Å². The Morgan fingerprint density at radius 2 is 1.42 bits per heavy atom. The van der Waals surface area contributed by atoms with Crippen LogP contribution in [0.25, 0.3) is 0 Å². The smallest absolute Gasteiger partial charge is 0.0644 e. The molecular weight excluding hydrogens is 232 g/mol. The van der Waals surface area contributed by atoms with Crippen molar-refractivity contribution >= 4 is 0 Å². The van der Waals surface area contributed by atoms with E-state index in [9.17, 15) is 0 Å². The molecule has 0 aromatic carbocycles. The van der Waals surface area contributed by atoms with E-state index in [2.05, 4.69) is 19.2 Å². The summed E-state index contributed by atoms with van der Waals surface area (Å²) in [5, 5.41) is 0. The molecule has 0 aliphatic heterocycles. The lowest BCUT2D eigenvalue weighted by atomic mass is 9.69. The molecule has 108 valence electrons. The predicted molar refractivity (Wildman–Crippen MR) is 82.1 cm³/mol. The van der Waals surface area contributed by atoms with Gasteiger partial charge in [0.1, 0.15) is 0 Å². The fraction of sp³-hybridized carbons (Fsp3) is 0.778. The molecule has 0 bridgehead atoms. The van der Waals surface area contributed by atoms with Crippen LogP contribution in [0.15, 0.2) is 25.3 Å². The highest BCUT2D eigenvalue weighted by Gasteiger charge is 2.30. The predicted octanol–water partition coefficient (Wildman–Crippen LogP) is 4.99. The fourth-order valence-corrected chi connectivity index (χ4v) is 4.00. The summed E-state index contributed by atoms with van der Waals surface area (Å²) >= 11 is 0. The molecule has 0 radical (unpaired) electrons. The molecule has 0 aromatic rings. The quantitative estimate of drug-likeness (QED) is 0.484. The largest absolute Gasteiger partial charge is 0.377 e. The molecule has 0 atom stereocenters. The van der Waals surface area contributed by atoms with Gasteiger partial charge in [-0.3, -0.25) is 0 Å². The van der Waals surface area contributed by atoms with Crippen molar-refractivity contribution in [3.63, 3.8) is 0 Å². The van der Waals surface area contributed by atoms with E-state index in [1.165, 1.54) is 51.4 Å². The summed E-state index contributed by atoms with van der Waals surface area (Å²) in [5.74, 6) is 3.62. The highest BCUT2D eigenvalue weighted by Crippen LogP contribution is 2.41. The van der Waals surface area contributed by atoms with Crippen molar-refractivity contribution in [2.75, 3.05) is 13.2 Å². The molecule has 0 saturated heterocycles. The number of ether oxygens (including phenoxy) is 1. The average molecular weight is 262 g/mol. The van der Waals surface area contributed by atoms with Crippen LogP contribution in [0.5, 0.6) is 0 Å². The van der Waals surface area contributed by atoms with Crippen LogP contribution in [-0.4, -0.2) is 13.2 Å². The lowest BCUT2D eigenvalue weighted by molar-refractivity contribution is 0.0800. The van der Waals surface area contributed by atoms with Gasteiger partial charge in [0.25, 0.3) is 0 Å². The summed E-state index contributed by atoms with van der Waals surface area (Å²) in [4.78, 5) is 0. The fourth-order valence-electron chi connectivity index (χ4n) is 4.00. The van der Waals surface area contributed by atoms with Gasteiger partial charge in [0.2, 0.25) is 0 Å². The lowest BCUT2D eigenvalue weighted by Gasteiger charge is -2.37. The third-order valence-electron chi connectivity index (χ3n) is 5.30. The van der Waals surface area contributed by atoms with Gasteiger partial charge in [0.15, 0.2) is 0 Å². The Morgan fingerprint density at radius 1 is 0.842 bits per heavy atom. The summed E-state index contributed by atoms with van der Waals surface area (Å²) in [6.07, 6.45) is 15.3.